The van der Waals surface area contributed by atoms with Crippen LogP contribution in [0.2, 0.25) is 18.1 Å². The Labute approximate surface area is 169 Å². The molecule has 0 heterocycles. The number of Topliss-reactive ketones (excluding diaryl/α,β-unsaturated/α-hetero) is 1. The molecule has 0 aromatic carbocycles. The zero-order chi connectivity index (χ0) is 20.3. The highest BCUT2D eigenvalue weighted by molar-refractivity contribution is 6.73. The fraction of sp³-hybridized carbons (Fsp3) is 0.875. The standard InChI is InChI=1S/C24H44O2Si/c1-8-27(9-2,10-3)26-23(5,6)17-11-13-19(4)20-15-16-21-22(25)14-12-18-24(20,21)7/h11,13,19-21H,8-10,12,14-18H2,1-7H3/b13-11+/t19-,20?,21?,24?/m1/s1. The molecule has 0 bridgehead atoms. The lowest BCUT2D eigenvalue weighted by Gasteiger charge is -2.41. The second-order valence-electron chi connectivity index (χ2n) is 10.2. The third-order valence-corrected chi connectivity index (χ3v) is 12.9. The number of carbonyl (C=O) groups is 1. The summed E-state index contributed by atoms with van der Waals surface area (Å²) in [5, 5.41) is 0. The van der Waals surface area contributed by atoms with Crippen LogP contribution in [0.5, 0.6) is 0 Å². The van der Waals surface area contributed by atoms with Gasteiger partial charge in [0.2, 0.25) is 0 Å². The number of carbonyl (C=O) groups excluding carboxylic acids is 1. The maximum Gasteiger partial charge on any atom is 0.192 e. The molecule has 4 atom stereocenters. The SMILES string of the molecule is CC[Si](CC)(CC)OC(C)(C)C/C=C/[C@@H](C)C1CCC2C(=O)CCCC21C. The van der Waals surface area contributed by atoms with E-state index in [2.05, 4.69) is 60.6 Å². The number of ketones is 1. The Bertz CT molecular complexity index is 526. The molecule has 0 N–H and O–H groups in total. The Morgan fingerprint density at radius 3 is 2.44 bits per heavy atom. The van der Waals surface area contributed by atoms with Crippen LogP contribution in [-0.4, -0.2) is 19.7 Å². The normalized spacial score (nSPS) is 30.7. The van der Waals surface area contributed by atoms with Gasteiger partial charge in [-0.3, -0.25) is 4.79 Å². The zero-order valence-electron chi connectivity index (χ0n) is 19.1. The average molecular weight is 393 g/mol. The number of fused-ring (bicyclic) bond motifs is 1. The van der Waals surface area contributed by atoms with Gasteiger partial charge in [0.05, 0.1) is 5.60 Å². The summed E-state index contributed by atoms with van der Waals surface area (Å²) < 4.78 is 6.74. The molecule has 2 rings (SSSR count). The number of hydrogen-bond acceptors (Lipinski definition) is 2. The van der Waals surface area contributed by atoms with Gasteiger partial charge in [0.25, 0.3) is 0 Å². The van der Waals surface area contributed by atoms with Crippen LogP contribution in [-0.2, 0) is 9.22 Å². The molecule has 0 aromatic rings. The Hall–Kier alpha value is -0.413. The first-order valence-corrected chi connectivity index (χ1v) is 14.1. The Morgan fingerprint density at radius 2 is 1.85 bits per heavy atom. The fourth-order valence-corrected chi connectivity index (χ4v) is 9.32. The first-order valence-electron chi connectivity index (χ1n) is 11.5. The molecule has 0 radical (unpaired) electrons. The van der Waals surface area contributed by atoms with Crippen LogP contribution in [0.15, 0.2) is 12.2 Å². The summed E-state index contributed by atoms with van der Waals surface area (Å²) in [6, 6.07) is 3.62. The monoisotopic (exact) mass is 392 g/mol. The Morgan fingerprint density at radius 1 is 1.22 bits per heavy atom. The number of rotatable bonds is 9. The summed E-state index contributed by atoms with van der Waals surface area (Å²) in [5.41, 5.74) is 0.160. The van der Waals surface area contributed by atoms with Crippen molar-refractivity contribution in [1.82, 2.24) is 0 Å². The molecule has 0 spiro atoms. The smallest absolute Gasteiger partial charge is 0.192 e. The molecular weight excluding hydrogens is 348 g/mol. The van der Waals surface area contributed by atoms with Gasteiger partial charge < -0.3 is 4.43 Å². The van der Waals surface area contributed by atoms with Crippen LogP contribution in [0, 0.1) is 23.2 Å². The summed E-state index contributed by atoms with van der Waals surface area (Å²) >= 11 is 0. The van der Waals surface area contributed by atoms with Gasteiger partial charge >= 0.3 is 0 Å². The number of allylic oxidation sites excluding steroid dienone is 1. The summed E-state index contributed by atoms with van der Waals surface area (Å²) in [5.74, 6) is 2.07. The van der Waals surface area contributed by atoms with E-state index in [9.17, 15) is 4.79 Å². The van der Waals surface area contributed by atoms with E-state index in [1.807, 2.05) is 0 Å². The van der Waals surface area contributed by atoms with Crippen molar-refractivity contribution >= 4 is 14.1 Å². The average Bonchev–Trinajstić information content (AvgIpc) is 2.98. The van der Waals surface area contributed by atoms with Crippen molar-refractivity contribution in [3.8, 4) is 0 Å². The van der Waals surface area contributed by atoms with Gasteiger partial charge in [-0.15, -0.1) is 0 Å². The summed E-state index contributed by atoms with van der Waals surface area (Å²) in [7, 11) is -1.57. The second-order valence-corrected chi connectivity index (χ2v) is 14.9. The van der Waals surface area contributed by atoms with Crippen LogP contribution in [0.25, 0.3) is 0 Å². The van der Waals surface area contributed by atoms with Gasteiger partial charge in [-0.25, -0.2) is 0 Å². The highest BCUT2D eigenvalue weighted by atomic mass is 28.4. The lowest BCUT2D eigenvalue weighted by molar-refractivity contribution is -0.129. The third-order valence-electron chi connectivity index (χ3n) is 8.05. The summed E-state index contributed by atoms with van der Waals surface area (Å²) in [4.78, 5) is 12.4. The molecule has 2 fully saturated rings. The van der Waals surface area contributed by atoms with E-state index in [0.717, 1.165) is 25.7 Å². The summed E-state index contributed by atoms with van der Waals surface area (Å²) in [6.45, 7) is 16.2. The Balaban J connectivity index is 1.98. The van der Waals surface area contributed by atoms with Crippen LogP contribution in [0.1, 0.15) is 87.0 Å². The lowest BCUT2D eigenvalue weighted by Crippen LogP contribution is -2.44. The second kappa shape index (κ2) is 8.94. The van der Waals surface area contributed by atoms with Crippen LogP contribution in [0.3, 0.4) is 0 Å². The van der Waals surface area contributed by atoms with Crippen molar-refractivity contribution in [3.05, 3.63) is 12.2 Å². The predicted molar refractivity (Wildman–Crippen MR) is 118 cm³/mol. The Kier molecular flexibility index (Phi) is 7.58. The highest BCUT2D eigenvalue weighted by Gasteiger charge is 2.51. The van der Waals surface area contributed by atoms with E-state index in [0.29, 0.717) is 23.5 Å². The van der Waals surface area contributed by atoms with Crippen LogP contribution < -0.4 is 0 Å². The highest BCUT2D eigenvalue weighted by Crippen LogP contribution is 2.56. The van der Waals surface area contributed by atoms with Crippen molar-refractivity contribution in [2.75, 3.05) is 0 Å². The lowest BCUT2D eigenvalue weighted by atomic mass is 9.62. The maximum atomic E-state index is 12.4. The van der Waals surface area contributed by atoms with Gasteiger partial charge in [-0.2, -0.15) is 0 Å². The molecular formula is C24H44O2Si. The predicted octanol–water partition coefficient (Wildman–Crippen LogP) is 7.15. The van der Waals surface area contributed by atoms with E-state index in [1.165, 1.54) is 31.0 Å². The van der Waals surface area contributed by atoms with Gasteiger partial charge in [0.1, 0.15) is 5.78 Å². The molecule has 156 valence electrons. The third kappa shape index (κ3) is 4.96. The quantitative estimate of drug-likeness (QED) is 0.307. The van der Waals surface area contributed by atoms with Gasteiger partial charge in [-0.1, -0.05) is 46.8 Å². The minimum atomic E-state index is -1.57. The van der Waals surface area contributed by atoms with Crippen LogP contribution in [0.4, 0.5) is 0 Å². The molecule has 0 amide bonds. The van der Waals surface area contributed by atoms with Crippen LogP contribution >= 0.6 is 0 Å². The molecule has 2 aliphatic carbocycles. The van der Waals surface area contributed by atoms with E-state index in [4.69, 9.17) is 4.43 Å². The molecule has 0 aliphatic heterocycles. The first-order chi connectivity index (χ1) is 12.6. The maximum absolute atomic E-state index is 12.4. The first kappa shape index (κ1) is 22.9. The van der Waals surface area contributed by atoms with Crippen molar-refractivity contribution in [1.29, 1.82) is 0 Å². The van der Waals surface area contributed by atoms with E-state index in [-0.39, 0.29) is 11.0 Å². The molecule has 2 aliphatic rings. The minimum absolute atomic E-state index is 0.0760. The fourth-order valence-electron chi connectivity index (χ4n) is 6.13. The molecule has 0 saturated heterocycles. The van der Waals surface area contributed by atoms with Gasteiger partial charge in [0.15, 0.2) is 8.32 Å². The van der Waals surface area contributed by atoms with E-state index < -0.39 is 8.32 Å². The molecule has 3 unspecified atom stereocenters. The van der Waals surface area contributed by atoms with Crippen molar-refractivity contribution in [3.63, 3.8) is 0 Å². The minimum Gasteiger partial charge on any atom is -0.412 e. The zero-order valence-corrected chi connectivity index (χ0v) is 20.1. The summed E-state index contributed by atoms with van der Waals surface area (Å²) in [6.07, 6.45) is 11.3. The molecule has 3 heteroatoms. The van der Waals surface area contributed by atoms with E-state index >= 15 is 0 Å². The largest absolute Gasteiger partial charge is 0.412 e. The number of hydrogen-bond donors (Lipinski definition) is 0. The molecule has 27 heavy (non-hydrogen) atoms. The van der Waals surface area contributed by atoms with Gasteiger partial charge in [-0.05, 0) is 81.3 Å². The molecule has 0 aromatic heterocycles. The van der Waals surface area contributed by atoms with Crippen molar-refractivity contribution in [2.24, 2.45) is 23.2 Å². The topological polar surface area (TPSA) is 26.3 Å². The van der Waals surface area contributed by atoms with E-state index in [1.54, 1.807) is 0 Å². The van der Waals surface area contributed by atoms with Gasteiger partial charge in [0, 0.05) is 12.3 Å². The van der Waals surface area contributed by atoms with Crippen molar-refractivity contribution < 1.29 is 9.22 Å². The molecule has 2 nitrogen and oxygen atoms in total. The molecule has 2 saturated carbocycles. The van der Waals surface area contributed by atoms with Crippen molar-refractivity contribution in [2.45, 2.75) is 111 Å².